The lowest BCUT2D eigenvalue weighted by Crippen LogP contribution is -2.38. The van der Waals surface area contributed by atoms with E-state index in [0.29, 0.717) is 12.5 Å². The number of carbonyl (C=O) groups is 1. The first-order valence-corrected chi connectivity index (χ1v) is 6.51. The van der Waals surface area contributed by atoms with Gasteiger partial charge in [-0.3, -0.25) is 14.9 Å². The van der Waals surface area contributed by atoms with Crippen molar-refractivity contribution >= 4 is 24.0 Å². The number of piperidine rings is 1. The summed E-state index contributed by atoms with van der Waals surface area (Å²) in [5.74, 6) is -0.970. The lowest BCUT2D eigenvalue weighted by atomic mass is 9.99. The van der Waals surface area contributed by atoms with Crippen molar-refractivity contribution in [3.05, 3.63) is 39.7 Å². The van der Waals surface area contributed by atoms with E-state index in [0.717, 1.165) is 44.1 Å². The van der Waals surface area contributed by atoms with Gasteiger partial charge in [0.05, 0.1) is 4.92 Å². The summed E-state index contributed by atoms with van der Waals surface area (Å²) >= 11 is 0. The predicted octanol–water partition coefficient (Wildman–Crippen LogP) is 1.89. The molecule has 1 aromatic carbocycles. The van der Waals surface area contributed by atoms with E-state index in [-0.39, 0.29) is 23.7 Å². The maximum Gasteiger partial charge on any atom is 0.282 e. The Hall–Kier alpha value is -1.73. The molecule has 0 spiro atoms. The zero-order chi connectivity index (χ0) is 14.5. The first-order chi connectivity index (χ1) is 9.58. The smallest absolute Gasteiger partial charge is 0.282 e. The van der Waals surface area contributed by atoms with Crippen molar-refractivity contribution in [2.24, 2.45) is 5.92 Å². The monoisotopic (exact) mass is 317 g/mol. The SMILES string of the molecule is Cl.O=C(NCC1CCCNC1)c1cc(F)ccc1[N+](=O)[O-]. The van der Waals surface area contributed by atoms with Crippen LogP contribution in [0.25, 0.3) is 0 Å². The number of hydrogen-bond donors (Lipinski definition) is 2. The molecule has 2 N–H and O–H groups in total. The second-order valence-electron chi connectivity index (χ2n) is 4.84. The van der Waals surface area contributed by atoms with Crippen LogP contribution in [-0.2, 0) is 0 Å². The summed E-state index contributed by atoms with van der Waals surface area (Å²) in [5, 5.41) is 16.7. The molecule has 1 saturated heterocycles. The quantitative estimate of drug-likeness (QED) is 0.656. The van der Waals surface area contributed by atoms with E-state index >= 15 is 0 Å². The number of nitro benzene ring substituents is 1. The van der Waals surface area contributed by atoms with Gasteiger partial charge in [0.25, 0.3) is 11.6 Å². The highest BCUT2D eigenvalue weighted by atomic mass is 35.5. The summed E-state index contributed by atoms with van der Waals surface area (Å²) in [5.41, 5.74) is -0.621. The largest absolute Gasteiger partial charge is 0.351 e. The minimum atomic E-state index is -0.684. The van der Waals surface area contributed by atoms with Crippen LogP contribution in [-0.4, -0.2) is 30.5 Å². The number of hydrogen-bond acceptors (Lipinski definition) is 4. The number of amides is 1. The average molecular weight is 318 g/mol. The maximum absolute atomic E-state index is 13.2. The zero-order valence-electron chi connectivity index (χ0n) is 11.3. The van der Waals surface area contributed by atoms with Gasteiger partial charge in [0.15, 0.2) is 0 Å². The third-order valence-electron chi connectivity index (χ3n) is 3.35. The van der Waals surface area contributed by atoms with E-state index < -0.39 is 16.6 Å². The second-order valence-corrected chi connectivity index (χ2v) is 4.84. The van der Waals surface area contributed by atoms with Gasteiger partial charge in [-0.1, -0.05) is 0 Å². The Morgan fingerprint density at radius 1 is 1.52 bits per heavy atom. The first-order valence-electron chi connectivity index (χ1n) is 6.51. The van der Waals surface area contributed by atoms with Crippen molar-refractivity contribution in [1.29, 1.82) is 0 Å². The van der Waals surface area contributed by atoms with Crippen LogP contribution in [0, 0.1) is 21.8 Å². The minimum absolute atomic E-state index is 0. The number of halogens is 2. The van der Waals surface area contributed by atoms with Crippen LogP contribution in [0.4, 0.5) is 10.1 Å². The average Bonchev–Trinajstić information content (AvgIpc) is 2.45. The Labute approximate surface area is 127 Å². The number of nitrogens with zero attached hydrogens (tertiary/aromatic N) is 1. The van der Waals surface area contributed by atoms with Gasteiger partial charge in [-0.2, -0.15) is 0 Å². The second kappa shape index (κ2) is 7.90. The van der Waals surface area contributed by atoms with Crippen molar-refractivity contribution in [1.82, 2.24) is 10.6 Å². The number of carbonyl (C=O) groups excluding carboxylic acids is 1. The molecule has 1 aliphatic heterocycles. The van der Waals surface area contributed by atoms with Gasteiger partial charge in [0.1, 0.15) is 11.4 Å². The van der Waals surface area contributed by atoms with E-state index in [1.165, 1.54) is 0 Å². The van der Waals surface area contributed by atoms with Gasteiger partial charge in [-0.05, 0) is 44.0 Å². The summed E-state index contributed by atoms with van der Waals surface area (Å²) in [6.07, 6.45) is 2.04. The molecule has 1 fully saturated rings. The summed E-state index contributed by atoms with van der Waals surface area (Å²) in [6, 6.07) is 2.87. The van der Waals surface area contributed by atoms with Gasteiger partial charge >= 0.3 is 0 Å². The van der Waals surface area contributed by atoms with Crippen LogP contribution in [0.15, 0.2) is 18.2 Å². The molecule has 21 heavy (non-hydrogen) atoms. The number of nitrogens with one attached hydrogen (secondary N) is 2. The first kappa shape index (κ1) is 17.3. The van der Waals surface area contributed by atoms with Crippen LogP contribution < -0.4 is 10.6 Å². The summed E-state index contributed by atoms with van der Waals surface area (Å²) in [4.78, 5) is 22.1. The number of benzene rings is 1. The third-order valence-corrected chi connectivity index (χ3v) is 3.35. The molecule has 1 amide bonds. The van der Waals surface area contributed by atoms with Crippen LogP contribution in [0.2, 0.25) is 0 Å². The molecule has 8 heteroatoms. The van der Waals surface area contributed by atoms with Gasteiger partial charge in [-0.25, -0.2) is 4.39 Å². The molecular weight excluding hydrogens is 301 g/mol. The van der Waals surface area contributed by atoms with E-state index in [4.69, 9.17) is 0 Å². The van der Waals surface area contributed by atoms with Crippen molar-refractivity contribution in [3.63, 3.8) is 0 Å². The van der Waals surface area contributed by atoms with Crippen LogP contribution in [0.3, 0.4) is 0 Å². The Morgan fingerprint density at radius 3 is 2.90 bits per heavy atom. The summed E-state index contributed by atoms with van der Waals surface area (Å²) < 4.78 is 13.2. The van der Waals surface area contributed by atoms with Crippen molar-refractivity contribution in [2.45, 2.75) is 12.8 Å². The van der Waals surface area contributed by atoms with Crippen LogP contribution >= 0.6 is 12.4 Å². The Bertz CT molecular complexity index is 521. The fourth-order valence-corrected chi connectivity index (χ4v) is 2.28. The molecule has 1 atom stereocenters. The molecule has 1 unspecified atom stereocenters. The predicted molar refractivity (Wildman–Crippen MR) is 78.2 cm³/mol. The Morgan fingerprint density at radius 2 is 2.29 bits per heavy atom. The molecule has 0 bridgehead atoms. The summed E-state index contributed by atoms with van der Waals surface area (Å²) in [7, 11) is 0. The van der Waals surface area contributed by atoms with Crippen LogP contribution in [0.1, 0.15) is 23.2 Å². The molecule has 1 aromatic rings. The minimum Gasteiger partial charge on any atom is -0.351 e. The van der Waals surface area contributed by atoms with Crippen LogP contribution in [0.5, 0.6) is 0 Å². The van der Waals surface area contributed by atoms with E-state index in [1.807, 2.05) is 0 Å². The molecule has 0 saturated carbocycles. The van der Waals surface area contributed by atoms with Gasteiger partial charge in [-0.15, -0.1) is 12.4 Å². The molecular formula is C13H17ClFN3O3. The molecule has 6 nitrogen and oxygen atoms in total. The highest BCUT2D eigenvalue weighted by Gasteiger charge is 2.22. The molecule has 0 aliphatic carbocycles. The molecule has 116 valence electrons. The highest BCUT2D eigenvalue weighted by Crippen LogP contribution is 2.19. The zero-order valence-corrected chi connectivity index (χ0v) is 12.1. The van der Waals surface area contributed by atoms with Crippen molar-refractivity contribution < 1.29 is 14.1 Å². The standard InChI is InChI=1S/C13H16FN3O3.ClH/c14-10-3-4-12(17(19)20)11(6-10)13(18)16-8-9-2-1-5-15-7-9;/h3-4,6,9,15H,1-2,5,7-8H2,(H,16,18);1H. The molecule has 0 aromatic heterocycles. The highest BCUT2D eigenvalue weighted by molar-refractivity contribution is 5.98. The lowest BCUT2D eigenvalue weighted by Gasteiger charge is -2.22. The van der Waals surface area contributed by atoms with Gasteiger partial charge in [0.2, 0.25) is 0 Å². The summed E-state index contributed by atoms with van der Waals surface area (Å²) in [6.45, 7) is 2.21. The van der Waals surface area contributed by atoms with Crippen molar-refractivity contribution in [2.75, 3.05) is 19.6 Å². The normalized spacial score (nSPS) is 17.7. The maximum atomic E-state index is 13.2. The van der Waals surface area contributed by atoms with Gasteiger partial charge in [0, 0.05) is 12.6 Å². The molecule has 2 rings (SSSR count). The third kappa shape index (κ3) is 4.64. The van der Waals surface area contributed by atoms with E-state index in [2.05, 4.69) is 10.6 Å². The van der Waals surface area contributed by atoms with Gasteiger partial charge < -0.3 is 10.6 Å². The van der Waals surface area contributed by atoms with Crippen molar-refractivity contribution in [3.8, 4) is 0 Å². The van der Waals surface area contributed by atoms with E-state index in [9.17, 15) is 19.3 Å². The topological polar surface area (TPSA) is 84.3 Å². The fraction of sp³-hybridized carbons (Fsp3) is 0.462. The Kier molecular flexibility index (Phi) is 6.51. The number of nitro groups is 1. The lowest BCUT2D eigenvalue weighted by molar-refractivity contribution is -0.385. The number of rotatable bonds is 4. The van der Waals surface area contributed by atoms with E-state index in [1.54, 1.807) is 0 Å². The molecule has 1 heterocycles. The molecule has 1 aliphatic rings. The Balaban J connectivity index is 0.00000220. The molecule has 0 radical (unpaired) electrons. The fourth-order valence-electron chi connectivity index (χ4n) is 2.28.